The summed E-state index contributed by atoms with van der Waals surface area (Å²) in [6.07, 6.45) is 3.85. The third-order valence-electron chi connectivity index (χ3n) is 6.05. The van der Waals surface area contributed by atoms with Crippen LogP contribution >= 0.6 is 0 Å². The summed E-state index contributed by atoms with van der Waals surface area (Å²) in [5.74, 6) is 0.638. The smallest absolute Gasteiger partial charge is 0.102 e. The number of anilines is 1. The molecule has 2 nitrogen and oxygen atoms in total. The highest BCUT2D eigenvalue weighted by Crippen LogP contribution is 2.53. The molecule has 0 unspecified atom stereocenters. The van der Waals surface area contributed by atoms with Gasteiger partial charge in [-0.1, -0.05) is 45.9 Å². The minimum atomic E-state index is -0.233. The van der Waals surface area contributed by atoms with E-state index in [1.54, 1.807) is 0 Å². The molecule has 3 heteroatoms. The molecule has 1 aromatic carbocycles. The molecule has 140 valence electrons. The Labute approximate surface area is 153 Å². The molecule has 1 aliphatic carbocycles. The molecule has 1 saturated heterocycles. The second kappa shape index (κ2) is 7.26. The summed E-state index contributed by atoms with van der Waals surface area (Å²) in [7, 11) is 0. The van der Waals surface area contributed by atoms with E-state index in [9.17, 15) is 4.39 Å². The van der Waals surface area contributed by atoms with Crippen molar-refractivity contribution in [1.29, 1.82) is 0 Å². The van der Waals surface area contributed by atoms with Crippen LogP contribution < -0.4 is 4.90 Å². The van der Waals surface area contributed by atoms with Crippen molar-refractivity contribution in [1.82, 2.24) is 4.90 Å². The molecule has 0 spiro atoms. The number of benzene rings is 1. The second-order valence-corrected chi connectivity index (χ2v) is 9.69. The van der Waals surface area contributed by atoms with Crippen LogP contribution in [-0.2, 0) is 0 Å². The van der Waals surface area contributed by atoms with Gasteiger partial charge in [0, 0.05) is 38.4 Å². The molecule has 2 fully saturated rings. The van der Waals surface area contributed by atoms with E-state index in [0.29, 0.717) is 23.3 Å². The van der Waals surface area contributed by atoms with E-state index in [2.05, 4.69) is 61.8 Å². The molecule has 1 heterocycles. The van der Waals surface area contributed by atoms with E-state index >= 15 is 0 Å². The first-order valence-electron chi connectivity index (χ1n) is 9.92. The lowest BCUT2D eigenvalue weighted by Crippen LogP contribution is -2.47. The van der Waals surface area contributed by atoms with Gasteiger partial charge in [-0.2, -0.15) is 0 Å². The topological polar surface area (TPSA) is 6.48 Å². The van der Waals surface area contributed by atoms with Crippen molar-refractivity contribution < 1.29 is 4.39 Å². The first-order chi connectivity index (χ1) is 11.8. The first-order valence-corrected chi connectivity index (χ1v) is 9.92. The maximum absolute atomic E-state index is 12.6. The Kier molecular flexibility index (Phi) is 5.43. The molecule has 0 atom stereocenters. The van der Waals surface area contributed by atoms with Crippen molar-refractivity contribution in [3.05, 3.63) is 29.8 Å². The number of piperazine rings is 1. The fourth-order valence-corrected chi connectivity index (χ4v) is 5.52. The normalized spacial score (nSPS) is 24.4. The van der Waals surface area contributed by atoms with E-state index in [1.807, 2.05) is 0 Å². The fraction of sp³-hybridized carbons (Fsp3) is 0.727. The van der Waals surface area contributed by atoms with Gasteiger partial charge >= 0.3 is 0 Å². The van der Waals surface area contributed by atoms with Gasteiger partial charge in [-0.05, 0) is 47.6 Å². The Bertz CT molecular complexity index is 557. The number of halogens is 1. The molecule has 0 aromatic heterocycles. The third kappa shape index (κ3) is 4.55. The van der Waals surface area contributed by atoms with Crippen LogP contribution in [0.15, 0.2) is 24.3 Å². The summed E-state index contributed by atoms with van der Waals surface area (Å²) in [4.78, 5) is 4.77. The quantitative estimate of drug-likeness (QED) is 0.748. The third-order valence-corrected chi connectivity index (χ3v) is 6.05. The summed E-state index contributed by atoms with van der Waals surface area (Å²) in [6.45, 7) is 14.0. The van der Waals surface area contributed by atoms with Crippen LogP contribution in [0.25, 0.3) is 0 Å². The van der Waals surface area contributed by atoms with E-state index in [-0.39, 0.29) is 6.67 Å². The molecule has 0 bridgehead atoms. The summed E-state index contributed by atoms with van der Waals surface area (Å²) < 4.78 is 12.6. The first kappa shape index (κ1) is 18.7. The molecule has 0 radical (unpaired) electrons. The fourth-order valence-electron chi connectivity index (χ4n) is 5.52. The lowest BCUT2D eigenvalue weighted by atomic mass is 9.60. The molecule has 25 heavy (non-hydrogen) atoms. The molecule has 1 aliphatic heterocycles. The van der Waals surface area contributed by atoms with E-state index in [4.69, 9.17) is 0 Å². The van der Waals surface area contributed by atoms with Crippen molar-refractivity contribution in [3.63, 3.8) is 0 Å². The predicted molar refractivity (Wildman–Crippen MR) is 105 cm³/mol. The number of alkyl halides is 1. The Morgan fingerprint density at radius 2 is 1.56 bits per heavy atom. The second-order valence-electron chi connectivity index (χ2n) is 9.69. The Morgan fingerprint density at radius 1 is 0.960 bits per heavy atom. The van der Waals surface area contributed by atoms with Crippen LogP contribution in [0.4, 0.5) is 10.1 Å². The molecule has 0 amide bonds. The Balaban J connectivity index is 1.80. The van der Waals surface area contributed by atoms with E-state index in [1.165, 1.54) is 30.5 Å². The van der Waals surface area contributed by atoms with Crippen molar-refractivity contribution >= 4 is 5.69 Å². The summed E-state index contributed by atoms with van der Waals surface area (Å²) in [5.41, 5.74) is 3.75. The van der Waals surface area contributed by atoms with Crippen molar-refractivity contribution in [2.24, 2.45) is 10.8 Å². The zero-order valence-corrected chi connectivity index (χ0v) is 16.5. The van der Waals surface area contributed by atoms with E-state index in [0.717, 1.165) is 26.2 Å². The van der Waals surface area contributed by atoms with Crippen molar-refractivity contribution in [3.8, 4) is 0 Å². The average Bonchev–Trinajstić information content (AvgIpc) is 2.53. The van der Waals surface area contributed by atoms with Gasteiger partial charge in [-0.25, -0.2) is 4.39 Å². The van der Waals surface area contributed by atoms with Crippen LogP contribution in [0.1, 0.15) is 58.4 Å². The van der Waals surface area contributed by atoms with Gasteiger partial charge < -0.3 is 4.90 Å². The standard InChI is InChI=1S/C22H35FN2/c1-21(2)15-18(16-22(3,4)17-21)19-7-5-6-8-20(19)25-13-11-24(10-9-23)12-14-25/h5-8,18H,9-17H2,1-4H3. The SMILES string of the molecule is CC1(C)CC(c2ccccc2N2CCN(CCF)CC2)CC(C)(C)C1. The molecular formula is C22H35FN2. The van der Waals surface area contributed by atoms with Crippen molar-refractivity contribution in [2.75, 3.05) is 44.3 Å². The molecular weight excluding hydrogens is 311 g/mol. The summed E-state index contributed by atoms with van der Waals surface area (Å²) in [6, 6.07) is 9.03. The molecule has 0 N–H and O–H groups in total. The maximum atomic E-state index is 12.6. The number of hydrogen-bond donors (Lipinski definition) is 0. The monoisotopic (exact) mass is 346 g/mol. The highest BCUT2D eigenvalue weighted by atomic mass is 19.1. The number of rotatable bonds is 4. The Morgan fingerprint density at radius 3 is 2.16 bits per heavy atom. The molecule has 1 aromatic rings. The minimum Gasteiger partial charge on any atom is -0.369 e. The zero-order chi connectivity index (χ0) is 18.1. The number of hydrogen-bond acceptors (Lipinski definition) is 2. The lowest BCUT2D eigenvalue weighted by Gasteiger charge is -2.46. The number of nitrogens with zero attached hydrogens (tertiary/aromatic N) is 2. The minimum absolute atomic E-state index is 0.233. The van der Waals surface area contributed by atoms with E-state index < -0.39 is 0 Å². The molecule has 2 aliphatic rings. The summed E-state index contributed by atoms with van der Waals surface area (Å²) in [5, 5.41) is 0. The summed E-state index contributed by atoms with van der Waals surface area (Å²) >= 11 is 0. The maximum Gasteiger partial charge on any atom is 0.102 e. The van der Waals surface area contributed by atoms with Crippen LogP contribution in [0.3, 0.4) is 0 Å². The highest BCUT2D eigenvalue weighted by molar-refractivity contribution is 5.56. The number of para-hydroxylation sites is 1. The van der Waals surface area contributed by atoms with Gasteiger partial charge in [-0.3, -0.25) is 4.90 Å². The zero-order valence-electron chi connectivity index (χ0n) is 16.5. The highest BCUT2D eigenvalue weighted by Gasteiger charge is 2.39. The van der Waals surface area contributed by atoms with Crippen LogP contribution in [0.5, 0.6) is 0 Å². The van der Waals surface area contributed by atoms with Crippen LogP contribution in [-0.4, -0.2) is 44.3 Å². The van der Waals surface area contributed by atoms with Gasteiger partial charge in [0.05, 0.1) is 0 Å². The average molecular weight is 347 g/mol. The Hall–Kier alpha value is -1.09. The van der Waals surface area contributed by atoms with Gasteiger partial charge in [0.25, 0.3) is 0 Å². The van der Waals surface area contributed by atoms with Crippen LogP contribution in [0.2, 0.25) is 0 Å². The van der Waals surface area contributed by atoms with Gasteiger partial charge in [0.1, 0.15) is 6.67 Å². The lowest BCUT2D eigenvalue weighted by molar-refractivity contribution is 0.0970. The van der Waals surface area contributed by atoms with Gasteiger partial charge in [0.2, 0.25) is 0 Å². The van der Waals surface area contributed by atoms with Crippen LogP contribution in [0, 0.1) is 10.8 Å². The van der Waals surface area contributed by atoms with Gasteiger partial charge in [-0.15, -0.1) is 0 Å². The largest absolute Gasteiger partial charge is 0.369 e. The molecule has 1 saturated carbocycles. The van der Waals surface area contributed by atoms with Gasteiger partial charge in [0.15, 0.2) is 0 Å². The predicted octanol–water partition coefficient (Wildman–Crippen LogP) is 5.10. The van der Waals surface area contributed by atoms with Crippen molar-refractivity contribution in [2.45, 2.75) is 52.9 Å². The molecule has 3 rings (SSSR count).